The van der Waals surface area contributed by atoms with Crippen molar-refractivity contribution in [1.29, 1.82) is 0 Å². The largest absolute Gasteiger partial charge is 0.393 e. The molecule has 21 heavy (non-hydrogen) atoms. The lowest BCUT2D eigenvalue weighted by atomic mass is 9.94. The number of aliphatic hydroxyl groups excluding tert-OH is 1. The van der Waals surface area contributed by atoms with E-state index >= 15 is 0 Å². The second-order valence-electron chi connectivity index (χ2n) is 5.22. The van der Waals surface area contributed by atoms with Gasteiger partial charge in [0.15, 0.2) is 6.10 Å². The zero-order chi connectivity index (χ0) is 15.6. The number of hydrogen-bond donors (Lipinski definition) is 3. The molecule has 9 heteroatoms. The number of carbonyl (C=O) groups excluding carboxylic acids is 3. The van der Waals surface area contributed by atoms with E-state index in [2.05, 4.69) is 0 Å². The molecule has 2 aliphatic rings. The lowest BCUT2D eigenvalue weighted by Crippen LogP contribution is -2.54. The van der Waals surface area contributed by atoms with Crippen LogP contribution in [0.15, 0.2) is 0 Å². The van der Waals surface area contributed by atoms with Gasteiger partial charge in [0.1, 0.15) is 5.54 Å². The summed E-state index contributed by atoms with van der Waals surface area (Å²) in [6.07, 6.45) is 0.390. The second kappa shape index (κ2) is 5.96. The standard InChI is InChI=1S/C12H20N4O5/c13-6-9(18)15-4-1-2-12(15)3-5-16(11(12)20)21-8(7-17)10(14)19/h8,17H,1-7,13H2,(H2,14,19). The van der Waals surface area contributed by atoms with Crippen molar-refractivity contribution < 1.29 is 24.3 Å². The van der Waals surface area contributed by atoms with E-state index in [9.17, 15) is 14.4 Å². The van der Waals surface area contributed by atoms with Crippen molar-refractivity contribution in [3.05, 3.63) is 0 Å². The number of carbonyl (C=O) groups is 3. The van der Waals surface area contributed by atoms with Crippen LogP contribution in [0.5, 0.6) is 0 Å². The number of primary amides is 1. The van der Waals surface area contributed by atoms with Gasteiger partial charge >= 0.3 is 0 Å². The monoisotopic (exact) mass is 300 g/mol. The summed E-state index contributed by atoms with van der Waals surface area (Å²) in [4.78, 5) is 42.2. The van der Waals surface area contributed by atoms with Gasteiger partial charge in [-0.3, -0.25) is 19.2 Å². The highest BCUT2D eigenvalue weighted by atomic mass is 16.7. The molecule has 2 unspecified atom stereocenters. The Morgan fingerprint density at radius 3 is 2.67 bits per heavy atom. The highest BCUT2D eigenvalue weighted by Gasteiger charge is 2.55. The lowest BCUT2D eigenvalue weighted by Gasteiger charge is -2.33. The van der Waals surface area contributed by atoms with Gasteiger partial charge in [-0.1, -0.05) is 0 Å². The molecule has 0 radical (unpaired) electrons. The van der Waals surface area contributed by atoms with Crippen molar-refractivity contribution in [3.63, 3.8) is 0 Å². The molecule has 3 amide bonds. The minimum atomic E-state index is -1.27. The third-order valence-electron chi connectivity index (χ3n) is 4.06. The first-order valence-electron chi connectivity index (χ1n) is 6.85. The Kier molecular flexibility index (Phi) is 4.45. The van der Waals surface area contributed by atoms with E-state index in [0.717, 1.165) is 5.06 Å². The van der Waals surface area contributed by atoms with Crippen LogP contribution in [0.2, 0.25) is 0 Å². The molecule has 0 aromatic heterocycles. The second-order valence-corrected chi connectivity index (χ2v) is 5.22. The van der Waals surface area contributed by atoms with Crippen LogP contribution >= 0.6 is 0 Å². The van der Waals surface area contributed by atoms with Gasteiger partial charge in [0.2, 0.25) is 5.91 Å². The molecule has 2 fully saturated rings. The van der Waals surface area contributed by atoms with Crippen molar-refractivity contribution in [3.8, 4) is 0 Å². The van der Waals surface area contributed by atoms with Crippen LogP contribution in [0.1, 0.15) is 19.3 Å². The van der Waals surface area contributed by atoms with Gasteiger partial charge in [-0.25, -0.2) is 5.06 Å². The number of nitrogens with zero attached hydrogens (tertiary/aromatic N) is 2. The number of hydrogen-bond acceptors (Lipinski definition) is 6. The van der Waals surface area contributed by atoms with Crippen molar-refractivity contribution in [2.24, 2.45) is 11.5 Å². The summed E-state index contributed by atoms with van der Waals surface area (Å²) in [6.45, 7) is -0.0557. The van der Waals surface area contributed by atoms with Crippen LogP contribution in [-0.4, -0.2) is 70.7 Å². The summed E-state index contributed by atoms with van der Waals surface area (Å²) in [5.74, 6) is -1.52. The Morgan fingerprint density at radius 1 is 1.38 bits per heavy atom. The van der Waals surface area contributed by atoms with Crippen LogP contribution in [0.4, 0.5) is 0 Å². The van der Waals surface area contributed by atoms with Gasteiger partial charge in [0.05, 0.1) is 19.7 Å². The quantitative estimate of drug-likeness (QED) is 0.505. The molecule has 0 aromatic rings. The summed E-state index contributed by atoms with van der Waals surface area (Å²) in [5.41, 5.74) is 9.52. The minimum absolute atomic E-state index is 0.156. The summed E-state index contributed by atoms with van der Waals surface area (Å²) < 4.78 is 0. The Balaban J connectivity index is 2.13. The molecule has 0 aliphatic carbocycles. The van der Waals surface area contributed by atoms with E-state index in [4.69, 9.17) is 21.4 Å². The van der Waals surface area contributed by atoms with Crippen molar-refractivity contribution in [1.82, 2.24) is 9.96 Å². The molecular formula is C12H20N4O5. The fraction of sp³-hybridized carbons (Fsp3) is 0.750. The van der Waals surface area contributed by atoms with Gasteiger partial charge in [-0.2, -0.15) is 0 Å². The maximum absolute atomic E-state index is 12.6. The van der Waals surface area contributed by atoms with Crippen LogP contribution in [0, 0.1) is 0 Å². The van der Waals surface area contributed by atoms with Crippen LogP contribution in [-0.2, 0) is 19.2 Å². The highest BCUT2D eigenvalue weighted by Crippen LogP contribution is 2.39. The van der Waals surface area contributed by atoms with Crippen molar-refractivity contribution in [2.45, 2.75) is 30.9 Å². The van der Waals surface area contributed by atoms with Crippen molar-refractivity contribution >= 4 is 17.7 Å². The Morgan fingerprint density at radius 2 is 2.10 bits per heavy atom. The number of amides is 3. The zero-order valence-corrected chi connectivity index (χ0v) is 11.7. The molecule has 9 nitrogen and oxygen atoms in total. The molecule has 0 saturated carbocycles. The summed E-state index contributed by atoms with van der Waals surface area (Å²) >= 11 is 0. The van der Waals surface area contributed by atoms with E-state index in [1.165, 1.54) is 4.90 Å². The molecule has 0 bridgehead atoms. The first-order valence-corrected chi connectivity index (χ1v) is 6.85. The highest BCUT2D eigenvalue weighted by molar-refractivity contribution is 5.93. The zero-order valence-electron chi connectivity index (χ0n) is 11.7. The fourth-order valence-corrected chi connectivity index (χ4v) is 2.99. The van der Waals surface area contributed by atoms with E-state index < -0.39 is 24.2 Å². The Bertz CT molecular complexity index is 457. The summed E-state index contributed by atoms with van der Waals surface area (Å²) in [6, 6.07) is 0. The molecule has 2 aliphatic heterocycles. The smallest absolute Gasteiger partial charge is 0.272 e. The van der Waals surface area contributed by atoms with Crippen LogP contribution < -0.4 is 11.5 Å². The van der Waals surface area contributed by atoms with Gasteiger partial charge in [0.25, 0.3) is 11.8 Å². The summed E-state index contributed by atoms with van der Waals surface area (Å²) in [7, 11) is 0. The number of hydroxylamine groups is 2. The molecule has 0 aromatic carbocycles. The van der Waals surface area contributed by atoms with E-state index in [0.29, 0.717) is 25.8 Å². The van der Waals surface area contributed by atoms with Gasteiger partial charge in [-0.05, 0) is 19.3 Å². The first kappa shape index (κ1) is 15.7. The topological polar surface area (TPSA) is 139 Å². The third-order valence-corrected chi connectivity index (χ3v) is 4.06. The maximum atomic E-state index is 12.6. The first-order chi connectivity index (χ1) is 9.96. The number of rotatable bonds is 5. The van der Waals surface area contributed by atoms with Crippen molar-refractivity contribution in [2.75, 3.05) is 26.2 Å². The maximum Gasteiger partial charge on any atom is 0.272 e. The summed E-state index contributed by atoms with van der Waals surface area (Å²) in [5, 5.41) is 10.1. The molecule has 118 valence electrons. The minimum Gasteiger partial charge on any atom is -0.393 e. The van der Waals surface area contributed by atoms with E-state index in [1.54, 1.807) is 0 Å². The van der Waals surface area contributed by atoms with E-state index in [-0.39, 0.29) is 24.9 Å². The molecule has 2 saturated heterocycles. The Labute approximate surface area is 121 Å². The molecule has 1 spiro atoms. The average Bonchev–Trinajstić information content (AvgIpc) is 3.02. The molecule has 2 heterocycles. The van der Waals surface area contributed by atoms with Gasteiger partial charge < -0.3 is 21.5 Å². The number of aliphatic hydroxyl groups is 1. The predicted molar refractivity (Wildman–Crippen MR) is 70.2 cm³/mol. The number of nitrogens with two attached hydrogens (primary N) is 2. The van der Waals surface area contributed by atoms with Gasteiger partial charge in [-0.15, -0.1) is 0 Å². The van der Waals surface area contributed by atoms with Crippen LogP contribution in [0.3, 0.4) is 0 Å². The van der Waals surface area contributed by atoms with E-state index in [1.807, 2.05) is 0 Å². The Hall–Kier alpha value is -1.71. The fourth-order valence-electron chi connectivity index (χ4n) is 2.99. The molecule has 5 N–H and O–H groups in total. The lowest BCUT2D eigenvalue weighted by molar-refractivity contribution is -0.206. The average molecular weight is 300 g/mol. The molecular weight excluding hydrogens is 280 g/mol. The molecule has 2 rings (SSSR count). The third kappa shape index (κ3) is 2.59. The van der Waals surface area contributed by atoms with Crippen LogP contribution in [0.25, 0.3) is 0 Å². The predicted octanol–water partition coefficient (Wildman–Crippen LogP) is -2.68. The van der Waals surface area contributed by atoms with Gasteiger partial charge in [0, 0.05) is 6.54 Å². The normalized spacial score (nSPS) is 26.7. The molecule has 2 atom stereocenters. The SMILES string of the molecule is NCC(=O)N1CCCC12CCN(OC(CO)C(N)=O)C2=O. The number of likely N-dealkylation sites (tertiary alicyclic amines) is 1.